The third-order valence-corrected chi connectivity index (χ3v) is 3.12. The molecule has 2 rings (SSSR count). The summed E-state index contributed by atoms with van der Waals surface area (Å²) in [6, 6.07) is 7.11. The summed E-state index contributed by atoms with van der Waals surface area (Å²) < 4.78 is 13.5. The predicted molar refractivity (Wildman–Crippen MR) is 66.7 cm³/mol. The van der Waals surface area contributed by atoms with E-state index in [2.05, 4.69) is 4.98 Å². The summed E-state index contributed by atoms with van der Waals surface area (Å²) >= 11 is 11.7. The van der Waals surface area contributed by atoms with Gasteiger partial charge in [0.1, 0.15) is 5.82 Å². The molecular weight excluding hydrogens is 262 g/mol. The molecule has 0 saturated heterocycles. The Morgan fingerprint density at radius 3 is 2.59 bits per heavy atom. The van der Waals surface area contributed by atoms with Crippen molar-refractivity contribution in [1.29, 1.82) is 0 Å². The number of hydrogen-bond acceptors (Lipinski definition) is 2. The third-order valence-electron chi connectivity index (χ3n) is 2.38. The summed E-state index contributed by atoms with van der Waals surface area (Å²) in [5.41, 5.74) is 6.78. The lowest BCUT2D eigenvalue weighted by Gasteiger charge is -2.12. The Hall–Kier alpha value is -1.16. The number of pyridine rings is 1. The molecule has 2 aromatic rings. The van der Waals surface area contributed by atoms with Crippen molar-refractivity contribution in [1.82, 2.24) is 4.98 Å². The van der Waals surface area contributed by atoms with E-state index in [0.717, 1.165) is 0 Å². The van der Waals surface area contributed by atoms with Gasteiger partial charge < -0.3 is 5.73 Å². The van der Waals surface area contributed by atoms with Gasteiger partial charge in [0.15, 0.2) is 0 Å². The molecule has 0 bridgehead atoms. The van der Waals surface area contributed by atoms with Gasteiger partial charge in [-0.05, 0) is 29.8 Å². The van der Waals surface area contributed by atoms with Crippen molar-refractivity contribution < 1.29 is 4.39 Å². The fraction of sp³-hybridized carbons (Fsp3) is 0.0833. The van der Waals surface area contributed by atoms with E-state index in [-0.39, 0.29) is 5.69 Å². The molecule has 17 heavy (non-hydrogen) atoms. The van der Waals surface area contributed by atoms with Crippen LogP contribution in [0.2, 0.25) is 10.0 Å². The summed E-state index contributed by atoms with van der Waals surface area (Å²) in [4.78, 5) is 3.93. The van der Waals surface area contributed by atoms with Crippen molar-refractivity contribution in [2.24, 2.45) is 5.73 Å². The fourth-order valence-electron chi connectivity index (χ4n) is 1.49. The van der Waals surface area contributed by atoms with Crippen LogP contribution in [0.5, 0.6) is 0 Å². The highest BCUT2D eigenvalue weighted by molar-refractivity contribution is 6.42. The Morgan fingerprint density at radius 2 is 1.94 bits per heavy atom. The zero-order chi connectivity index (χ0) is 12.4. The quantitative estimate of drug-likeness (QED) is 0.906. The van der Waals surface area contributed by atoms with Crippen LogP contribution in [0, 0.1) is 5.82 Å². The molecule has 0 aliphatic rings. The smallest absolute Gasteiger partial charge is 0.146 e. The number of hydrogen-bond donors (Lipinski definition) is 1. The summed E-state index contributed by atoms with van der Waals surface area (Å²) in [6.45, 7) is 0. The highest BCUT2D eigenvalue weighted by atomic mass is 35.5. The largest absolute Gasteiger partial charge is 0.319 e. The first-order valence-electron chi connectivity index (χ1n) is 4.90. The van der Waals surface area contributed by atoms with E-state index in [1.807, 2.05) is 0 Å². The second kappa shape index (κ2) is 5.00. The molecule has 0 saturated carbocycles. The maximum absolute atomic E-state index is 13.5. The van der Waals surface area contributed by atoms with E-state index >= 15 is 0 Å². The second-order valence-electron chi connectivity index (χ2n) is 3.52. The van der Waals surface area contributed by atoms with Crippen molar-refractivity contribution in [3.63, 3.8) is 0 Å². The van der Waals surface area contributed by atoms with Gasteiger partial charge in [-0.15, -0.1) is 0 Å². The minimum absolute atomic E-state index is 0.186. The Balaban J connectivity index is 2.40. The van der Waals surface area contributed by atoms with Gasteiger partial charge in [-0.3, -0.25) is 4.98 Å². The Kier molecular flexibility index (Phi) is 3.62. The van der Waals surface area contributed by atoms with Crippen LogP contribution >= 0.6 is 23.2 Å². The van der Waals surface area contributed by atoms with Gasteiger partial charge in [-0.2, -0.15) is 0 Å². The normalized spacial score (nSPS) is 12.5. The molecule has 1 heterocycles. The first kappa shape index (κ1) is 12.3. The number of nitrogens with zero attached hydrogens (tertiary/aromatic N) is 1. The minimum atomic E-state index is -0.661. The number of benzene rings is 1. The van der Waals surface area contributed by atoms with E-state index in [1.54, 1.807) is 18.2 Å². The van der Waals surface area contributed by atoms with E-state index < -0.39 is 11.9 Å². The summed E-state index contributed by atoms with van der Waals surface area (Å²) in [7, 11) is 0. The lowest BCUT2D eigenvalue weighted by atomic mass is 10.0. The first-order valence-corrected chi connectivity index (χ1v) is 5.66. The third kappa shape index (κ3) is 2.57. The second-order valence-corrected chi connectivity index (χ2v) is 4.34. The zero-order valence-corrected chi connectivity index (χ0v) is 10.2. The highest BCUT2D eigenvalue weighted by Gasteiger charge is 2.15. The summed E-state index contributed by atoms with van der Waals surface area (Å²) in [5, 5.41) is 0.820. The maximum Gasteiger partial charge on any atom is 0.146 e. The molecule has 1 aromatic heterocycles. The van der Waals surface area contributed by atoms with Crippen LogP contribution in [-0.4, -0.2) is 4.98 Å². The number of aromatic nitrogens is 1. The van der Waals surface area contributed by atoms with Crippen LogP contribution in [0.25, 0.3) is 0 Å². The number of nitrogens with two attached hydrogens (primary N) is 1. The molecular formula is C12H9Cl2FN2. The van der Waals surface area contributed by atoms with E-state index in [1.165, 1.54) is 18.3 Å². The van der Waals surface area contributed by atoms with Gasteiger partial charge in [-0.25, -0.2) is 4.39 Å². The molecule has 5 heteroatoms. The molecule has 1 aromatic carbocycles. The standard InChI is InChI=1S/C12H9Cl2FN2/c13-8-4-3-7(6-9(8)14)11(16)12-10(15)2-1-5-17-12/h1-6,11H,16H2/t11-/m0/s1. The molecule has 0 aliphatic carbocycles. The Morgan fingerprint density at radius 1 is 1.18 bits per heavy atom. The van der Waals surface area contributed by atoms with Crippen molar-refractivity contribution in [2.75, 3.05) is 0 Å². The first-order chi connectivity index (χ1) is 8.09. The SMILES string of the molecule is N[C@@H](c1ccc(Cl)c(Cl)c1)c1ncccc1F. The fourth-order valence-corrected chi connectivity index (χ4v) is 1.80. The Bertz CT molecular complexity index is 546. The monoisotopic (exact) mass is 270 g/mol. The summed E-state index contributed by atoms with van der Waals surface area (Å²) in [5.74, 6) is -0.439. The van der Waals surface area contributed by atoms with Crippen LogP contribution in [0.4, 0.5) is 4.39 Å². The van der Waals surface area contributed by atoms with E-state index in [0.29, 0.717) is 15.6 Å². The van der Waals surface area contributed by atoms with Crippen molar-refractivity contribution >= 4 is 23.2 Å². The van der Waals surface area contributed by atoms with Gasteiger partial charge >= 0.3 is 0 Å². The van der Waals surface area contributed by atoms with Crippen LogP contribution < -0.4 is 5.73 Å². The molecule has 2 nitrogen and oxygen atoms in total. The molecule has 0 amide bonds. The molecule has 88 valence electrons. The maximum atomic E-state index is 13.5. The summed E-state index contributed by atoms with van der Waals surface area (Å²) in [6.07, 6.45) is 1.50. The lowest BCUT2D eigenvalue weighted by molar-refractivity contribution is 0.586. The van der Waals surface area contributed by atoms with E-state index in [9.17, 15) is 4.39 Å². The Labute approximate surface area is 108 Å². The number of rotatable bonds is 2. The van der Waals surface area contributed by atoms with Gasteiger partial charge in [0.05, 0.1) is 21.8 Å². The van der Waals surface area contributed by atoms with E-state index in [4.69, 9.17) is 28.9 Å². The predicted octanol–water partition coefficient (Wildman–Crippen LogP) is 3.58. The topological polar surface area (TPSA) is 38.9 Å². The van der Waals surface area contributed by atoms with Gasteiger partial charge in [0.25, 0.3) is 0 Å². The molecule has 2 N–H and O–H groups in total. The zero-order valence-electron chi connectivity index (χ0n) is 8.70. The molecule has 1 atom stereocenters. The van der Waals surface area contributed by atoms with Gasteiger partial charge in [-0.1, -0.05) is 29.3 Å². The average molecular weight is 271 g/mol. The van der Waals surface area contributed by atoms with Crippen molar-refractivity contribution in [3.05, 3.63) is 63.6 Å². The highest BCUT2D eigenvalue weighted by Crippen LogP contribution is 2.27. The van der Waals surface area contributed by atoms with Crippen LogP contribution in [0.3, 0.4) is 0 Å². The molecule has 0 aliphatic heterocycles. The van der Waals surface area contributed by atoms with Gasteiger partial charge in [0, 0.05) is 6.20 Å². The molecule has 0 unspecified atom stereocenters. The van der Waals surface area contributed by atoms with Crippen molar-refractivity contribution in [2.45, 2.75) is 6.04 Å². The van der Waals surface area contributed by atoms with Crippen LogP contribution in [0.15, 0.2) is 36.5 Å². The molecule has 0 radical (unpaired) electrons. The van der Waals surface area contributed by atoms with Crippen molar-refractivity contribution in [3.8, 4) is 0 Å². The average Bonchev–Trinajstić information content (AvgIpc) is 2.32. The minimum Gasteiger partial charge on any atom is -0.319 e. The van der Waals surface area contributed by atoms with Crippen LogP contribution in [0.1, 0.15) is 17.3 Å². The van der Waals surface area contributed by atoms with Gasteiger partial charge in [0.2, 0.25) is 0 Å². The molecule has 0 spiro atoms. The molecule has 0 fully saturated rings. The lowest BCUT2D eigenvalue weighted by Crippen LogP contribution is -2.15. The van der Waals surface area contributed by atoms with Crippen LogP contribution in [-0.2, 0) is 0 Å². The number of halogens is 3.